The van der Waals surface area contributed by atoms with Gasteiger partial charge in [-0.25, -0.2) is 0 Å². The maximum atomic E-state index is 10.9. The molecule has 0 saturated carbocycles. The summed E-state index contributed by atoms with van der Waals surface area (Å²) in [4.78, 5) is 10.9. The zero-order valence-corrected chi connectivity index (χ0v) is 10.2. The van der Waals surface area contributed by atoms with E-state index < -0.39 is 17.5 Å². The Morgan fingerprint density at radius 1 is 1.28 bits per heavy atom. The molecule has 2 unspecified atom stereocenters. The summed E-state index contributed by atoms with van der Waals surface area (Å²) in [6.07, 6.45) is 6.83. The molecule has 0 bridgehead atoms. The van der Waals surface area contributed by atoms with Gasteiger partial charge in [0.1, 0.15) is 5.60 Å². The van der Waals surface area contributed by atoms with Crippen LogP contribution >= 0.6 is 0 Å². The lowest BCUT2D eigenvalue weighted by atomic mass is 9.77. The van der Waals surface area contributed by atoms with Gasteiger partial charge >= 0.3 is 5.97 Å². The first kappa shape index (κ1) is 12.6. The van der Waals surface area contributed by atoms with E-state index in [2.05, 4.69) is 0 Å². The summed E-state index contributed by atoms with van der Waals surface area (Å²) >= 11 is 0. The summed E-state index contributed by atoms with van der Waals surface area (Å²) in [5, 5.41) is 19.7. The van der Waals surface area contributed by atoms with Crippen molar-refractivity contribution in [3.8, 4) is 0 Å². The Bertz CT molecular complexity index is 499. The number of carboxylic acid groups (broad SMARTS) is 1. The Balaban J connectivity index is 2.37. The average molecular weight is 244 g/mol. The zero-order chi connectivity index (χ0) is 13.2. The van der Waals surface area contributed by atoms with Crippen LogP contribution in [0.15, 0.2) is 48.6 Å². The molecule has 1 aliphatic rings. The molecule has 1 aromatic carbocycles. The van der Waals surface area contributed by atoms with Gasteiger partial charge in [0.25, 0.3) is 0 Å². The van der Waals surface area contributed by atoms with Gasteiger partial charge in [-0.2, -0.15) is 0 Å². The van der Waals surface area contributed by atoms with Crippen LogP contribution in [0.25, 0.3) is 0 Å². The van der Waals surface area contributed by atoms with Crippen molar-refractivity contribution in [2.75, 3.05) is 0 Å². The molecule has 2 N–H and O–H groups in total. The number of carboxylic acids is 1. The predicted octanol–water partition coefficient (Wildman–Crippen LogP) is 2.40. The number of benzene rings is 1. The minimum Gasteiger partial charge on any atom is -0.481 e. The molecule has 1 aromatic rings. The Kier molecular flexibility index (Phi) is 3.34. The molecule has 0 radical (unpaired) electrons. The first-order valence-electron chi connectivity index (χ1n) is 5.90. The van der Waals surface area contributed by atoms with Crippen molar-refractivity contribution in [2.24, 2.45) is 5.92 Å². The number of carbonyl (C=O) groups is 1. The van der Waals surface area contributed by atoms with Crippen LogP contribution < -0.4 is 0 Å². The second-order valence-corrected chi connectivity index (χ2v) is 4.64. The van der Waals surface area contributed by atoms with Crippen LogP contribution in [0, 0.1) is 12.8 Å². The molecule has 0 aromatic heterocycles. The normalized spacial score (nSPS) is 26.2. The third-order valence-electron chi connectivity index (χ3n) is 3.28. The molecule has 0 fully saturated rings. The standard InChI is InChI=1S/C15H16O3/c1-11-5-7-12(8-6-11)15(18)9-3-2-4-13(15)10-14(16)17/h2-9,13,18H,10H2,1H3,(H,16,17). The zero-order valence-electron chi connectivity index (χ0n) is 10.2. The van der Waals surface area contributed by atoms with Crippen molar-refractivity contribution >= 4 is 5.97 Å². The molecule has 3 heteroatoms. The van der Waals surface area contributed by atoms with E-state index in [-0.39, 0.29) is 6.42 Å². The number of rotatable bonds is 3. The summed E-state index contributed by atoms with van der Waals surface area (Å²) in [5.74, 6) is -1.35. The van der Waals surface area contributed by atoms with Crippen LogP contribution in [0.5, 0.6) is 0 Å². The minimum atomic E-state index is -1.24. The molecule has 2 rings (SSSR count). The molecule has 0 aliphatic heterocycles. The lowest BCUT2D eigenvalue weighted by Crippen LogP contribution is -2.34. The fourth-order valence-electron chi connectivity index (χ4n) is 2.21. The molecule has 18 heavy (non-hydrogen) atoms. The largest absolute Gasteiger partial charge is 0.481 e. The van der Waals surface area contributed by atoms with Crippen molar-refractivity contribution < 1.29 is 15.0 Å². The monoisotopic (exact) mass is 244 g/mol. The first-order valence-corrected chi connectivity index (χ1v) is 5.90. The van der Waals surface area contributed by atoms with E-state index in [9.17, 15) is 9.90 Å². The number of allylic oxidation sites excluding steroid dienone is 2. The van der Waals surface area contributed by atoms with E-state index in [1.54, 1.807) is 24.3 Å². The van der Waals surface area contributed by atoms with E-state index in [4.69, 9.17) is 5.11 Å². The van der Waals surface area contributed by atoms with E-state index in [0.717, 1.165) is 11.1 Å². The van der Waals surface area contributed by atoms with Crippen molar-refractivity contribution in [3.05, 3.63) is 59.7 Å². The third-order valence-corrected chi connectivity index (χ3v) is 3.28. The smallest absolute Gasteiger partial charge is 0.304 e. The van der Waals surface area contributed by atoms with Gasteiger partial charge in [0.15, 0.2) is 0 Å². The van der Waals surface area contributed by atoms with Gasteiger partial charge in [-0.15, -0.1) is 0 Å². The second kappa shape index (κ2) is 4.78. The van der Waals surface area contributed by atoms with Gasteiger partial charge < -0.3 is 10.2 Å². The van der Waals surface area contributed by atoms with Gasteiger partial charge in [-0.1, -0.05) is 48.1 Å². The molecule has 0 heterocycles. The van der Waals surface area contributed by atoms with Crippen LogP contribution in [0.4, 0.5) is 0 Å². The van der Waals surface area contributed by atoms with Gasteiger partial charge in [-0.05, 0) is 18.6 Å². The quantitative estimate of drug-likeness (QED) is 0.858. The Morgan fingerprint density at radius 3 is 2.56 bits per heavy atom. The lowest BCUT2D eigenvalue weighted by Gasteiger charge is -2.33. The van der Waals surface area contributed by atoms with Gasteiger partial charge in [0.05, 0.1) is 6.42 Å². The highest BCUT2D eigenvalue weighted by molar-refractivity contribution is 5.68. The Hall–Kier alpha value is -1.87. The molecule has 0 spiro atoms. The van der Waals surface area contributed by atoms with Crippen molar-refractivity contribution in [2.45, 2.75) is 18.9 Å². The van der Waals surface area contributed by atoms with Crippen molar-refractivity contribution in [1.29, 1.82) is 0 Å². The number of aryl methyl sites for hydroxylation is 1. The Morgan fingerprint density at radius 2 is 1.94 bits per heavy atom. The topological polar surface area (TPSA) is 57.5 Å². The number of hydrogen-bond donors (Lipinski definition) is 2. The van der Waals surface area contributed by atoms with Gasteiger partial charge in [0.2, 0.25) is 0 Å². The maximum absolute atomic E-state index is 10.9. The summed E-state index contributed by atoms with van der Waals surface area (Å²) in [6.45, 7) is 1.97. The molecular formula is C15H16O3. The SMILES string of the molecule is Cc1ccc(C2(O)C=CC=CC2CC(=O)O)cc1. The van der Waals surface area contributed by atoms with Crippen molar-refractivity contribution in [1.82, 2.24) is 0 Å². The third kappa shape index (κ3) is 2.36. The molecular weight excluding hydrogens is 228 g/mol. The van der Waals surface area contributed by atoms with Crippen LogP contribution in [0.3, 0.4) is 0 Å². The fraction of sp³-hybridized carbons (Fsp3) is 0.267. The first-order chi connectivity index (χ1) is 8.52. The highest BCUT2D eigenvalue weighted by Gasteiger charge is 2.36. The summed E-state index contributed by atoms with van der Waals surface area (Å²) in [7, 11) is 0. The van der Waals surface area contributed by atoms with E-state index >= 15 is 0 Å². The van der Waals surface area contributed by atoms with Crippen molar-refractivity contribution in [3.63, 3.8) is 0 Å². The average Bonchev–Trinajstić information content (AvgIpc) is 2.32. The molecule has 0 saturated heterocycles. The van der Waals surface area contributed by atoms with Crippen LogP contribution in [0.1, 0.15) is 17.5 Å². The molecule has 1 aliphatic carbocycles. The fourth-order valence-corrected chi connectivity index (χ4v) is 2.21. The van der Waals surface area contributed by atoms with E-state index in [1.165, 1.54) is 0 Å². The molecule has 2 atom stereocenters. The second-order valence-electron chi connectivity index (χ2n) is 4.64. The van der Waals surface area contributed by atoms with Crippen LogP contribution in [-0.4, -0.2) is 16.2 Å². The van der Waals surface area contributed by atoms with Gasteiger partial charge in [-0.3, -0.25) is 4.79 Å². The predicted molar refractivity (Wildman–Crippen MR) is 69.1 cm³/mol. The molecule has 3 nitrogen and oxygen atoms in total. The Labute approximate surface area is 106 Å². The maximum Gasteiger partial charge on any atom is 0.304 e. The molecule has 0 amide bonds. The van der Waals surface area contributed by atoms with Crippen LogP contribution in [0.2, 0.25) is 0 Å². The highest BCUT2D eigenvalue weighted by atomic mass is 16.4. The lowest BCUT2D eigenvalue weighted by molar-refractivity contribution is -0.139. The van der Waals surface area contributed by atoms with E-state index in [0.29, 0.717) is 0 Å². The van der Waals surface area contributed by atoms with Crippen LogP contribution in [-0.2, 0) is 10.4 Å². The minimum absolute atomic E-state index is 0.0920. The summed E-state index contributed by atoms with van der Waals surface area (Å²) < 4.78 is 0. The number of aliphatic hydroxyl groups is 1. The number of hydrogen-bond acceptors (Lipinski definition) is 2. The summed E-state index contributed by atoms with van der Waals surface area (Å²) in [6, 6.07) is 7.51. The van der Waals surface area contributed by atoms with Gasteiger partial charge in [0, 0.05) is 5.92 Å². The summed E-state index contributed by atoms with van der Waals surface area (Å²) in [5.41, 5.74) is 0.591. The number of aliphatic carboxylic acids is 1. The molecule has 94 valence electrons. The van der Waals surface area contributed by atoms with E-state index in [1.807, 2.05) is 31.2 Å². The highest BCUT2D eigenvalue weighted by Crippen LogP contribution is 2.36.